The van der Waals surface area contributed by atoms with Crippen molar-refractivity contribution in [3.8, 4) is 0 Å². The summed E-state index contributed by atoms with van der Waals surface area (Å²) < 4.78 is 11.3. The lowest BCUT2D eigenvalue weighted by Gasteiger charge is -2.21. The monoisotopic (exact) mass is 202 g/mol. The predicted octanol–water partition coefficient (Wildman–Crippen LogP) is 3.25. The van der Waals surface area contributed by atoms with Crippen molar-refractivity contribution < 1.29 is 9.47 Å². The normalized spacial score (nSPS) is 14.8. The van der Waals surface area contributed by atoms with Gasteiger partial charge in [-0.15, -0.1) is 0 Å². The third kappa shape index (κ3) is 10.0. The van der Waals surface area contributed by atoms with Crippen molar-refractivity contribution in [3.05, 3.63) is 0 Å². The average Bonchev–Trinajstić information content (AvgIpc) is 1.98. The molecule has 86 valence electrons. The molecule has 2 heteroatoms. The molecular formula is C12H26O2. The van der Waals surface area contributed by atoms with Gasteiger partial charge in [0.25, 0.3) is 0 Å². The van der Waals surface area contributed by atoms with Crippen LogP contribution in [0.2, 0.25) is 0 Å². The fourth-order valence-corrected chi connectivity index (χ4v) is 0.971. The molecular weight excluding hydrogens is 176 g/mol. The molecule has 2 nitrogen and oxygen atoms in total. The zero-order chi connectivity index (χ0) is 11.2. The highest BCUT2D eigenvalue weighted by molar-refractivity contribution is 4.60. The van der Waals surface area contributed by atoms with E-state index in [2.05, 4.69) is 41.5 Å². The molecule has 0 saturated carbocycles. The third-order valence-corrected chi connectivity index (χ3v) is 1.77. The minimum atomic E-state index is -0.0300. The highest BCUT2D eigenvalue weighted by atomic mass is 16.5. The Balaban J connectivity index is 3.40. The maximum Gasteiger partial charge on any atom is 0.0598 e. The zero-order valence-electron chi connectivity index (χ0n) is 10.6. The molecule has 0 saturated heterocycles. The maximum atomic E-state index is 5.64. The Kier molecular flexibility index (Phi) is 6.38. The number of rotatable bonds is 6. The second kappa shape index (κ2) is 6.41. The molecule has 0 aliphatic rings. The quantitative estimate of drug-likeness (QED) is 0.658. The van der Waals surface area contributed by atoms with E-state index in [1.165, 1.54) is 0 Å². The van der Waals surface area contributed by atoms with E-state index in [0.29, 0.717) is 12.0 Å². The summed E-state index contributed by atoms with van der Waals surface area (Å²) in [6.45, 7) is 14.3. The van der Waals surface area contributed by atoms with Crippen LogP contribution < -0.4 is 0 Å². The molecule has 0 heterocycles. The van der Waals surface area contributed by atoms with Crippen molar-refractivity contribution in [1.82, 2.24) is 0 Å². The lowest BCUT2D eigenvalue weighted by molar-refractivity contribution is -0.0320. The van der Waals surface area contributed by atoms with Gasteiger partial charge < -0.3 is 9.47 Å². The molecule has 0 aliphatic carbocycles. The van der Waals surface area contributed by atoms with Gasteiger partial charge in [-0.25, -0.2) is 0 Å². The van der Waals surface area contributed by atoms with Crippen molar-refractivity contribution in [2.24, 2.45) is 5.92 Å². The first-order chi connectivity index (χ1) is 6.31. The van der Waals surface area contributed by atoms with Crippen LogP contribution >= 0.6 is 0 Å². The minimum Gasteiger partial charge on any atom is -0.378 e. The highest BCUT2D eigenvalue weighted by Gasteiger charge is 2.11. The summed E-state index contributed by atoms with van der Waals surface area (Å²) >= 11 is 0. The molecule has 1 atom stereocenters. The average molecular weight is 202 g/mol. The van der Waals surface area contributed by atoms with Gasteiger partial charge in [0, 0.05) is 13.2 Å². The van der Waals surface area contributed by atoms with Gasteiger partial charge in [0.1, 0.15) is 0 Å². The molecule has 0 aliphatic heterocycles. The molecule has 0 radical (unpaired) electrons. The van der Waals surface area contributed by atoms with E-state index < -0.39 is 0 Å². The largest absolute Gasteiger partial charge is 0.378 e. The van der Waals surface area contributed by atoms with Crippen molar-refractivity contribution in [3.63, 3.8) is 0 Å². The molecule has 0 N–H and O–H groups in total. The second-order valence-electron chi connectivity index (χ2n) is 5.29. The molecule has 0 bridgehead atoms. The van der Waals surface area contributed by atoms with Crippen molar-refractivity contribution >= 4 is 0 Å². The van der Waals surface area contributed by atoms with Crippen molar-refractivity contribution in [1.29, 1.82) is 0 Å². The summed E-state index contributed by atoms with van der Waals surface area (Å²) in [4.78, 5) is 0. The lowest BCUT2D eigenvalue weighted by Crippen LogP contribution is -2.22. The van der Waals surface area contributed by atoms with Gasteiger partial charge in [-0.05, 0) is 40.0 Å². The molecule has 14 heavy (non-hydrogen) atoms. The molecule has 0 spiro atoms. The Morgan fingerprint density at radius 3 is 2.07 bits per heavy atom. The number of hydrogen-bond donors (Lipinski definition) is 0. The maximum absolute atomic E-state index is 5.64. The Morgan fingerprint density at radius 1 is 1.07 bits per heavy atom. The van der Waals surface area contributed by atoms with E-state index >= 15 is 0 Å². The summed E-state index contributed by atoms with van der Waals surface area (Å²) in [6, 6.07) is 0. The third-order valence-electron chi connectivity index (χ3n) is 1.77. The van der Waals surface area contributed by atoms with E-state index in [1.807, 2.05) is 0 Å². The van der Waals surface area contributed by atoms with Crippen LogP contribution in [0.1, 0.15) is 48.0 Å². The smallest absolute Gasteiger partial charge is 0.0598 e. The van der Waals surface area contributed by atoms with E-state index in [0.717, 1.165) is 19.6 Å². The first-order valence-electron chi connectivity index (χ1n) is 5.57. The molecule has 0 aromatic rings. The van der Waals surface area contributed by atoms with E-state index in [1.54, 1.807) is 0 Å². The molecule has 0 aromatic heterocycles. The Morgan fingerprint density at radius 2 is 1.64 bits per heavy atom. The fraction of sp³-hybridized carbons (Fsp3) is 1.00. The van der Waals surface area contributed by atoms with Crippen LogP contribution in [0, 0.1) is 5.92 Å². The molecule has 0 aromatic carbocycles. The summed E-state index contributed by atoms with van der Waals surface area (Å²) in [5.41, 5.74) is -0.0300. The van der Waals surface area contributed by atoms with Crippen molar-refractivity contribution in [2.75, 3.05) is 13.2 Å². The Bertz CT molecular complexity index is 136. The molecule has 0 amide bonds. The van der Waals surface area contributed by atoms with E-state index in [-0.39, 0.29) is 5.60 Å². The van der Waals surface area contributed by atoms with Gasteiger partial charge in [-0.3, -0.25) is 0 Å². The van der Waals surface area contributed by atoms with Gasteiger partial charge in [-0.1, -0.05) is 13.8 Å². The van der Waals surface area contributed by atoms with Crippen LogP contribution in [0.3, 0.4) is 0 Å². The molecule has 1 unspecified atom stereocenters. The van der Waals surface area contributed by atoms with Gasteiger partial charge >= 0.3 is 0 Å². The summed E-state index contributed by atoms with van der Waals surface area (Å²) in [6.07, 6.45) is 1.28. The minimum absolute atomic E-state index is 0.0300. The SMILES string of the molecule is CC(C)COC(C)CCOC(C)(C)C. The highest BCUT2D eigenvalue weighted by Crippen LogP contribution is 2.09. The number of hydrogen-bond acceptors (Lipinski definition) is 2. The topological polar surface area (TPSA) is 18.5 Å². The van der Waals surface area contributed by atoms with Gasteiger partial charge in [0.15, 0.2) is 0 Å². The first-order valence-corrected chi connectivity index (χ1v) is 5.57. The Labute approximate surface area is 89.0 Å². The Hall–Kier alpha value is -0.0800. The summed E-state index contributed by atoms with van der Waals surface area (Å²) in [5.74, 6) is 0.612. The van der Waals surface area contributed by atoms with Gasteiger partial charge in [-0.2, -0.15) is 0 Å². The second-order valence-corrected chi connectivity index (χ2v) is 5.29. The summed E-state index contributed by atoms with van der Waals surface area (Å²) in [5, 5.41) is 0. The van der Waals surface area contributed by atoms with E-state index in [4.69, 9.17) is 9.47 Å². The van der Waals surface area contributed by atoms with Crippen LogP contribution in [-0.4, -0.2) is 24.9 Å². The fourth-order valence-electron chi connectivity index (χ4n) is 0.971. The first kappa shape index (κ1) is 13.9. The molecule has 0 rings (SSSR count). The standard InChI is InChI=1S/C12H26O2/c1-10(2)9-13-11(3)7-8-14-12(4,5)6/h10-11H,7-9H2,1-6H3. The van der Waals surface area contributed by atoms with E-state index in [9.17, 15) is 0 Å². The lowest BCUT2D eigenvalue weighted by atomic mass is 10.2. The van der Waals surface area contributed by atoms with Crippen molar-refractivity contribution in [2.45, 2.75) is 59.7 Å². The van der Waals surface area contributed by atoms with Gasteiger partial charge in [0.05, 0.1) is 11.7 Å². The van der Waals surface area contributed by atoms with Crippen LogP contribution in [0.15, 0.2) is 0 Å². The van der Waals surface area contributed by atoms with Gasteiger partial charge in [0.2, 0.25) is 0 Å². The molecule has 0 fully saturated rings. The van der Waals surface area contributed by atoms with Crippen LogP contribution in [0.5, 0.6) is 0 Å². The van der Waals surface area contributed by atoms with Crippen LogP contribution in [0.25, 0.3) is 0 Å². The van der Waals surface area contributed by atoms with Crippen LogP contribution in [0.4, 0.5) is 0 Å². The zero-order valence-corrected chi connectivity index (χ0v) is 10.6. The summed E-state index contributed by atoms with van der Waals surface area (Å²) in [7, 11) is 0. The van der Waals surface area contributed by atoms with Crippen LogP contribution in [-0.2, 0) is 9.47 Å². The predicted molar refractivity (Wildman–Crippen MR) is 60.6 cm³/mol. The number of ether oxygens (including phenoxy) is 2.